The molecule has 2 nitrogen and oxygen atoms in total. The van der Waals surface area contributed by atoms with Crippen molar-refractivity contribution in [1.29, 1.82) is 0 Å². The second-order valence-electron chi connectivity index (χ2n) is 4.48. The molecule has 0 radical (unpaired) electrons. The van der Waals surface area contributed by atoms with Crippen LogP contribution in [-0.2, 0) is 0 Å². The van der Waals surface area contributed by atoms with Gasteiger partial charge in [0.15, 0.2) is 4.77 Å². The molecular formula is C14H9ClF2N2S. The average molecular weight is 311 g/mol. The molecule has 0 atom stereocenters. The fourth-order valence-electron chi connectivity index (χ4n) is 2.12. The summed E-state index contributed by atoms with van der Waals surface area (Å²) in [6.07, 6.45) is 0. The van der Waals surface area contributed by atoms with Crippen molar-refractivity contribution in [2.24, 2.45) is 0 Å². The van der Waals surface area contributed by atoms with Crippen LogP contribution < -0.4 is 0 Å². The van der Waals surface area contributed by atoms with Crippen LogP contribution in [0.5, 0.6) is 0 Å². The van der Waals surface area contributed by atoms with Crippen LogP contribution in [0.25, 0.3) is 16.7 Å². The molecule has 6 heteroatoms. The van der Waals surface area contributed by atoms with E-state index in [4.69, 9.17) is 23.8 Å². The number of imidazole rings is 1. The van der Waals surface area contributed by atoms with Crippen LogP contribution in [0.3, 0.4) is 0 Å². The number of benzene rings is 2. The minimum atomic E-state index is -0.541. The molecule has 3 rings (SSSR count). The van der Waals surface area contributed by atoms with Gasteiger partial charge in [0.1, 0.15) is 11.6 Å². The second-order valence-corrected chi connectivity index (χ2v) is 5.30. The maximum atomic E-state index is 14.1. The smallest absolute Gasteiger partial charge is 0.182 e. The number of aromatic nitrogens is 2. The predicted molar refractivity (Wildman–Crippen MR) is 78.1 cm³/mol. The summed E-state index contributed by atoms with van der Waals surface area (Å²) in [4.78, 5) is 2.94. The van der Waals surface area contributed by atoms with Crippen molar-refractivity contribution in [2.45, 2.75) is 6.92 Å². The van der Waals surface area contributed by atoms with Crippen molar-refractivity contribution in [3.63, 3.8) is 0 Å². The summed E-state index contributed by atoms with van der Waals surface area (Å²) < 4.78 is 29.6. The van der Waals surface area contributed by atoms with Crippen molar-refractivity contribution in [3.8, 4) is 5.69 Å². The number of aromatic amines is 1. The largest absolute Gasteiger partial charge is 0.330 e. The van der Waals surface area contributed by atoms with Gasteiger partial charge in [0.25, 0.3) is 0 Å². The highest BCUT2D eigenvalue weighted by atomic mass is 35.5. The van der Waals surface area contributed by atoms with E-state index in [9.17, 15) is 8.78 Å². The lowest BCUT2D eigenvalue weighted by atomic mass is 10.2. The van der Waals surface area contributed by atoms with Gasteiger partial charge < -0.3 is 4.98 Å². The maximum Gasteiger partial charge on any atom is 0.182 e. The SMILES string of the molecule is Cc1cc(F)c(-n2c(=S)[nH]c3ccc(Cl)cc32)cc1F. The van der Waals surface area contributed by atoms with Gasteiger partial charge in [0.05, 0.1) is 16.7 Å². The predicted octanol–water partition coefficient (Wildman–Crippen LogP) is 4.93. The summed E-state index contributed by atoms with van der Waals surface area (Å²) in [7, 11) is 0. The van der Waals surface area contributed by atoms with E-state index in [1.165, 1.54) is 11.5 Å². The normalized spacial score (nSPS) is 11.2. The Morgan fingerprint density at radius 1 is 1.15 bits per heavy atom. The Balaban J connectivity index is 2.40. The zero-order chi connectivity index (χ0) is 14.4. The fraction of sp³-hybridized carbons (Fsp3) is 0.0714. The topological polar surface area (TPSA) is 20.7 Å². The Labute approximate surface area is 123 Å². The molecule has 2 aromatic carbocycles. The minimum absolute atomic E-state index is 0.0617. The molecular weight excluding hydrogens is 302 g/mol. The third-order valence-electron chi connectivity index (χ3n) is 3.11. The number of H-pyrrole nitrogens is 1. The summed E-state index contributed by atoms with van der Waals surface area (Å²) in [5.41, 5.74) is 1.62. The quantitative estimate of drug-likeness (QED) is 0.632. The molecule has 1 heterocycles. The first-order chi connectivity index (χ1) is 9.47. The second kappa shape index (κ2) is 4.68. The van der Waals surface area contributed by atoms with E-state index < -0.39 is 11.6 Å². The number of nitrogens with zero attached hydrogens (tertiary/aromatic N) is 1. The molecule has 102 valence electrons. The van der Waals surface area contributed by atoms with Gasteiger partial charge in [0, 0.05) is 11.1 Å². The molecule has 0 aliphatic carbocycles. The van der Waals surface area contributed by atoms with Crippen molar-refractivity contribution in [2.75, 3.05) is 0 Å². The van der Waals surface area contributed by atoms with Gasteiger partial charge in [-0.2, -0.15) is 0 Å². The number of aryl methyl sites for hydroxylation is 1. The molecule has 0 saturated heterocycles. The van der Waals surface area contributed by atoms with Gasteiger partial charge in [-0.05, 0) is 49.0 Å². The van der Waals surface area contributed by atoms with Crippen LogP contribution in [0.1, 0.15) is 5.56 Å². The van der Waals surface area contributed by atoms with E-state index in [1.54, 1.807) is 18.2 Å². The Morgan fingerprint density at radius 2 is 1.90 bits per heavy atom. The minimum Gasteiger partial charge on any atom is -0.330 e. The number of nitrogens with one attached hydrogen (secondary N) is 1. The summed E-state index contributed by atoms with van der Waals surface area (Å²) in [5, 5.41) is 0.494. The molecule has 20 heavy (non-hydrogen) atoms. The lowest BCUT2D eigenvalue weighted by molar-refractivity contribution is 0.586. The highest BCUT2D eigenvalue weighted by molar-refractivity contribution is 7.71. The van der Waals surface area contributed by atoms with Gasteiger partial charge in [-0.1, -0.05) is 11.6 Å². The molecule has 3 aromatic rings. The van der Waals surface area contributed by atoms with E-state index >= 15 is 0 Å². The first-order valence-corrected chi connectivity index (χ1v) is 6.62. The molecule has 1 N–H and O–H groups in total. The maximum absolute atomic E-state index is 14.1. The first-order valence-electron chi connectivity index (χ1n) is 5.83. The Hall–Kier alpha value is -1.72. The molecule has 0 aliphatic rings. The van der Waals surface area contributed by atoms with Gasteiger partial charge in [-0.15, -0.1) is 0 Å². The van der Waals surface area contributed by atoms with Crippen LogP contribution in [0.4, 0.5) is 8.78 Å². The molecule has 0 aliphatic heterocycles. The Bertz CT molecular complexity index is 883. The number of hydrogen-bond acceptors (Lipinski definition) is 1. The Morgan fingerprint density at radius 3 is 2.65 bits per heavy atom. The van der Waals surface area contributed by atoms with Crippen LogP contribution in [0.2, 0.25) is 5.02 Å². The van der Waals surface area contributed by atoms with Gasteiger partial charge >= 0.3 is 0 Å². The van der Waals surface area contributed by atoms with Crippen molar-refractivity contribution >= 4 is 34.9 Å². The van der Waals surface area contributed by atoms with Gasteiger partial charge in [0.2, 0.25) is 0 Å². The molecule has 0 saturated carbocycles. The van der Waals surface area contributed by atoms with Crippen LogP contribution in [0, 0.1) is 23.3 Å². The first kappa shape index (κ1) is 13.3. The van der Waals surface area contributed by atoms with E-state index in [1.807, 2.05) is 0 Å². The number of rotatable bonds is 1. The van der Waals surface area contributed by atoms with Gasteiger partial charge in [-0.3, -0.25) is 4.57 Å². The van der Waals surface area contributed by atoms with Gasteiger partial charge in [-0.25, -0.2) is 8.78 Å². The molecule has 0 amide bonds. The van der Waals surface area contributed by atoms with E-state index in [0.29, 0.717) is 16.1 Å². The molecule has 0 unspecified atom stereocenters. The third-order valence-corrected chi connectivity index (χ3v) is 3.63. The number of hydrogen-bond donors (Lipinski definition) is 1. The third kappa shape index (κ3) is 2.03. The average Bonchev–Trinajstić information content (AvgIpc) is 2.69. The summed E-state index contributed by atoms with van der Waals surface area (Å²) in [6, 6.07) is 7.38. The highest BCUT2D eigenvalue weighted by Crippen LogP contribution is 2.25. The van der Waals surface area contributed by atoms with Crippen molar-refractivity contribution < 1.29 is 8.78 Å². The summed E-state index contributed by atoms with van der Waals surface area (Å²) in [6.45, 7) is 1.51. The highest BCUT2D eigenvalue weighted by Gasteiger charge is 2.13. The summed E-state index contributed by atoms with van der Waals surface area (Å²) >= 11 is 11.1. The van der Waals surface area contributed by atoms with Crippen LogP contribution in [-0.4, -0.2) is 9.55 Å². The van der Waals surface area contributed by atoms with E-state index in [0.717, 1.165) is 12.1 Å². The monoisotopic (exact) mass is 310 g/mol. The molecule has 0 fully saturated rings. The lowest BCUT2D eigenvalue weighted by Gasteiger charge is -2.08. The lowest BCUT2D eigenvalue weighted by Crippen LogP contribution is -2.00. The zero-order valence-electron chi connectivity index (χ0n) is 10.4. The van der Waals surface area contributed by atoms with Crippen LogP contribution in [0.15, 0.2) is 30.3 Å². The van der Waals surface area contributed by atoms with Crippen molar-refractivity contribution in [3.05, 3.63) is 57.3 Å². The van der Waals surface area contributed by atoms with Crippen LogP contribution >= 0.6 is 23.8 Å². The molecule has 0 bridgehead atoms. The molecule has 1 aromatic heterocycles. The summed E-state index contributed by atoms with van der Waals surface area (Å²) in [5.74, 6) is -1.03. The van der Waals surface area contributed by atoms with E-state index in [-0.39, 0.29) is 16.0 Å². The molecule has 0 spiro atoms. The Kier molecular flexibility index (Phi) is 3.11. The number of fused-ring (bicyclic) bond motifs is 1. The van der Waals surface area contributed by atoms with E-state index in [2.05, 4.69) is 4.98 Å². The van der Waals surface area contributed by atoms with Crippen molar-refractivity contribution in [1.82, 2.24) is 9.55 Å². The standard InChI is InChI=1S/C14H9ClF2N2S/c1-7-4-10(17)12(6-9(7)16)19-13-5-8(15)2-3-11(13)18-14(19)20/h2-6H,1H3,(H,18,20). The fourth-order valence-corrected chi connectivity index (χ4v) is 2.60. The zero-order valence-corrected chi connectivity index (χ0v) is 11.9. The number of halogens is 3.